The van der Waals surface area contributed by atoms with Gasteiger partial charge in [-0.05, 0) is 25.7 Å². The van der Waals surface area contributed by atoms with Crippen molar-refractivity contribution in [2.45, 2.75) is 47.1 Å². The summed E-state index contributed by atoms with van der Waals surface area (Å²) in [6.45, 7) is 10.8. The van der Waals surface area contributed by atoms with Gasteiger partial charge in [0, 0.05) is 19.3 Å². The molecule has 0 aliphatic carbocycles. The van der Waals surface area contributed by atoms with Crippen LogP contribution in [0.25, 0.3) is 0 Å². The van der Waals surface area contributed by atoms with Crippen LogP contribution in [0.15, 0.2) is 6.20 Å². The van der Waals surface area contributed by atoms with Crippen molar-refractivity contribution < 1.29 is 0 Å². The van der Waals surface area contributed by atoms with E-state index in [1.54, 1.807) is 0 Å². The molecule has 1 rings (SSSR count). The van der Waals surface area contributed by atoms with Crippen molar-refractivity contribution in [3.05, 3.63) is 11.9 Å². The average Bonchev–Trinajstić information content (AvgIpc) is 2.47. The summed E-state index contributed by atoms with van der Waals surface area (Å²) in [4.78, 5) is 0. The first-order valence-corrected chi connectivity index (χ1v) is 5.91. The van der Waals surface area contributed by atoms with Gasteiger partial charge in [0.2, 0.25) is 0 Å². The van der Waals surface area contributed by atoms with Gasteiger partial charge >= 0.3 is 0 Å². The van der Waals surface area contributed by atoms with Crippen LogP contribution in [-0.4, -0.2) is 16.3 Å². The van der Waals surface area contributed by atoms with Crippen molar-refractivity contribution in [2.24, 2.45) is 5.92 Å². The molecule has 0 saturated carbocycles. The summed E-state index contributed by atoms with van der Waals surface area (Å²) < 4.78 is 2.02. The first-order chi connectivity index (χ1) is 7.13. The molecule has 1 heterocycles. The zero-order chi connectivity index (χ0) is 11.3. The summed E-state index contributed by atoms with van der Waals surface area (Å²) in [5.74, 6) is 0.753. The molecule has 0 aliphatic heterocycles. The lowest BCUT2D eigenvalue weighted by Crippen LogP contribution is -2.04. The van der Waals surface area contributed by atoms with Gasteiger partial charge in [-0.3, -0.25) is 4.68 Å². The molecule has 94 valence electrons. The highest BCUT2D eigenvalue weighted by Gasteiger charge is 2.03. The molecular formula is C12H24ClN3. The summed E-state index contributed by atoms with van der Waals surface area (Å²) in [5, 5.41) is 7.89. The third-order valence-electron chi connectivity index (χ3n) is 2.44. The van der Waals surface area contributed by atoms with E-state index < -0.39 is 0 Å². The Hall–Kier alpha value is -0.700. The van der Waals surface area contributed by atoms with Crippen LogP contribution in [0.3, 0.4) is 0 Å². The topological polar surface area (TPSA) is 29.9 Å². The molecule has 0 fully saturated rings. The minimum absolute atomic E-state index is 0. The Labute approximate surface area is 105 Å². The number of anilines is 1. The molecule has 0 atom stereocenters. The van der Waals surface area contributed by atoms with E-state index in [2.05, 4.69) is 44.3 Å². The van der Waals surface area contributed by atoms with Crippen LogP contribution in [0.1, 0.15) is 39.3 Å². The van der Waals surface area contributed by atoms with E-state index in [4.69, 9.17) is 0 Å². The van der Waals surface area contributed by atoms with Crippen LogP contribution in [-0.2, 0) is 6.54 Å². The highest BCUT2D eigenvalue weighted by molar-refractivity contribution is 5.85. The summed E-state index contributed by atoms with van der Waals surface area (Å²) in [5.41, 5.74) is 2.29. The molecule has 1 N–H and O–H groups in total. The third-order valence-corrected chi connectivity index (χ3v) is 2.44. The maximum Gasteiger partial charge on any atom is 0.0825 e. The van der Waals surface area contributed by atoms with Gasteiger partial charge in [0.05, 0.1) is 11.4 Å². The predicted molar refractivity (Wildman–Crippen MR) is 72.4 cm³/mol. The number of aryl methyl sites for hydroxylation is 2. The van der Waals surface area contributed by atoms with Crippen LogP contribution >= 0.6 is 12.4 Å². The molecule has 0 saturated heterocycles. The van der Waals surface area contributed by atoms with Crippen molar-refractivity contribution in [2.75, 3.05) is 11.9 Å². The number of aromatic nitrogens is 2. The zero-order valence-electron chi connectivity index (χ0n) is 10.8. The van der Waals surface area contributed by atoms with Crippen molar-refractivity contribution >= 4 is 18.1 Å². The normalized spacial score (nSPS) is 10.3. The Morgan fingerprint density at radius 3 is 2.69 bits per heavy atom. The zero-order valence-corrected chi connectivity index (χ0v) is 11.6. The summed E-state index contributed by atoms with van der Waals surface area (Å²) in [7, 11) is 0. The monoisotopic (exact) mass is 245 g/mol. The highest BCUT2D eigenvalue weighted by Crippen LogP contribution is 2.13. The molecule has 0 aliphatic rings. The number of nitrogens with zero attached hydrogens (tertiary/aromatic N) is 2. The van der Waals surface area contributed by atoms with E-state index >= 15 is 0 Å². The molecule has 1 aromatic rings. The SMILES string of the molecule is CCCn1cc(NCCC(C)C)c(C)n1.Cl. The molecule has 0 unspecified atom stereocenters. The Bertz CT molecular complexity index is 294. The van der Waals surface area contributed by atoms with Crippen LogP contribution in [0.5, 0.6) is 0 Å². The molecule has 0 spiro atoms. The lowest BCUT2D eigenvalue weighted by molar-refractivity contribution is 0.598. The number of nitrogens with one attached hydrogen (secondary N) is 1. The molecule has 16 heavy (non-hydrogen) atoms. The number of halogens is 1. The Kier molecular flexibility index (Phi) is 7.22. The molecule has 0 aromatic carbocycles. The summed E-state index contributed by atoms with van der Waals surface area (Å²) in [6, 6.07) is 0. The Morgan fingerprint density at radius 2 is 2.12 bits per heavy atom. The van der Waals surface area contributed by atoms with E-state index in [0.29, 0.717) is 0 Å². The van der Waals surface area contributed by atoms with Gasteiger partial charge in [-0.25, -0.2) is 0 Å². The number of hydrogen-bond donors (Lipinski definition) is 1. The molecule has 0 amide bonds. The van der Waals surface area contributed by atoms with Crippen molar-refractivity contribution in [3.63, 3.8) is 0 Å². The second kappa shape index (κ2) is 7.55. The van der Waals surface area contributed by atoms with Crippen LogP contribution in [0.4, 0.5) is 5.69 Å². The van der Waals surface area contributed by atoms with Crippen LogP contribution in [0, 0.1) is 12.8 Å². The molecule has 3 nitrogen and oxygen atoms in total. The maximum atomic E-state index is 4.45. The highest BCUT2D eigenvalue weighted by atomic mass is 35.5. The Balaban J connectivity index is 0.00000225. The van der Waals surface area contributed by atoms with Gasteiger partial charge < -0.3 is 5.32 Å². The fourth-order valence-corrected chi connectivity index (χ4v) is 1.53. The lowest BCUT2D eigenvalue weighted by Gasteiger charge is -2.06. The molecule has 4 heteroatoms. The third kappa shape index (κ3) is 4.88. The van der Waals surface area contributed by atoms with Gasteiger partial charge in [0.25, 0.3) is 0 Å². The van der Waals surface area contributed by atoms with E-state index in [0.717, 1.165) is 31.1 Å². The number of rotatable bonds is 6. The maximum absolute atomic E-state index is 4.45. The van der Waals surface area contributed by atoms with Gasteiger partial charge in [0.15, 0.2) is 0 Å². The van der Waals surface area contributed by atoms with Crippen molar-refractivity contribution in [3.8, 4) is 0 Å². The molecular weight excluding hydrogens is 222 g/mol. The van der Waals surface area contributed by atoms with Crippen LogP contribution in [0.2, 0.25) is 0 Å². The summed E-state index contributed by atoms with van der Waals surface area (Å²) in [6.07, 6.45) is 4.45. The van der Waals surface area contributed by atoms with Gasteiger partial charge in [-0.2, -0.15) is 5.10 Å². The fourth-order valence-electron chi connectivity index (χ4n) is 1.53. The second-order valence-corrected chi connectivity index (χ2v) is 4.50. The average molecular weight is 246 g/mol. The minimum atomic E-state index is 0. The molecule has 1 aromatic heterocycles. The van der Waals surface area contributed by atoms with Gasteiger partial charge in [0.1, 0.15) is 0 Å². The first kappa shape index (κ1) is 15.3. The van der Waals surface area contributed by atoms with E-state index in [9.17, 15) is 0 Å². The van der Waals surface area contributed by atoms with Crippen LogP contribution < -0.4 is 5.32 Å². The molecule has 0 radical (unpaired) electrons. The largest absolute Gasteiger partial charge is 0.382 e. The number of hydrogen-bond acceptors (Lipinski definition) is 2. The fraction of sp³-hybridized carbons (Fsp3) is 0.750. The minimum Gasteiger partial charge on any atom is -0.382 e. The second-order valence-electron chi connectivity index (χ2n) is 4.50. The molecule has 0 bridgehead atoms. The quantitative estimate of drug-likeness (QED) is 0.832. The first-order valence-electron chi connectivity index (χ1n) is 5.91. The van der Waals surface area contributed by atoms with Gasteiger partial charge in [-0.15, -0.1) is 12.4 Å². The lowest BCUT2D eigenvalue weighted by atomic mass is 10.1. The van der Waals surface area contributed by atoms with E-state index in [-0.39, 0.29) is 12.4 Å². The smallest absolute Gasteiger partial charge is 0.0825 e. The predicted octanol–water partition coefficient (Wildman–Crippen LogP) is 3.48. The van der Waals surface area contributed by atoms with Crippen molar-refractivity contribution in [1.29, 1.82) is 0 Å². The summed E-state index contributed by atoms with van der Waals surface area (Å²) >= 11 is 0. The van der Waals surface area contributed by atoms with Crippen molar-refractivity contribution in [1.82, 2.24) is 9.78 Å². The van der Waals surface area contributed by atoms with E-state index in [1.807, 2.05) is 4.68 Å². The van der Waals surface area contributed by atoms with Gasteiger partial charge in [-0.1, -0.05) is 20.8 Å². The Morgan fingerprint density at radius 1 is 1.44 bits per heavy atom. The standard InChI is InChI=1S/C12H23N3.ClH/c1-5-8-15-9-12(11(4)14-15)13-7-6-10(2)3;/h9-10,13H,5-8H2,1-4H3;1H. The van der Waals surface area contributed by atoms with E-state index in [1.165, 1.54) is 12.1 Å².